The number of ketones is 1. The van der Waals surface area contributed by atoms with Gasteiger partial charge in [0.25, 0.3) is 0 Å². The largest absolute Gasteiger partial charge is 0.382 e. The Balaban J connectivity index is 1.66. The van der Waals surface area contributed by atoms with E-state index in [4.69, 9.17) is 4.98 Å². The van der Waals surface area contributed by atoms with Crippen LogP contribution in [-0.4, -0.2) is 20.4 Å². The van der Waals surface area contributed by atoms with E-state index >= 15 is 0 Å². The summed E-state index contributed by atoms with van der Waals surface area (Å²) in [4.78, 5) is 18.4. The van der Waals surface area contributed by atoms with Gasteiger partial charge in [0.15, 0.2) is 0 Å². The molecular formula is C27H18N2O2. The average molecular weight is 402 g/mol. The molecule has 0 amide bonds. The number of para-hydroxylation sites is 1. The van der Waals surface area contributed by atoms with Crippen LogP contribution in [0.4, 0.5) is 0 Å². The van der Waals surface area contributed by atoms with Crippen molar-refractivity contribution in [1.29, 1.82) is 0 Å². The van der Waals surface area contributed by atoms with E-state index in [2.05, 4.69) is 24.3 Å². The molecule has 0 radical (unpaired) electrons. The van der Waals surface area contributed by atoms with Crippen molar-refractivity contribution < 1.29 is 9.90 Å². The van der Waals surface area contributed by atoms with Gasteiger partial charge in [0, 0.05) is 16.8 Å². The van der Waals surface area contributed by atoms with Gasteiger partial charge in [-0.1, -0.05) is 78.9 Å². The molecule has 1 aliphatic rings. The molecule has 5 aromatic rings. The molecule has 4 aromatic carbocycles. The topological polar surface area (TPSA) is 55.1 Å². The van der Waals surface area contributed by atoms with Crippen LogP contribution >= 0.6 is 0 Å². The summed E-state index contributed by atoms with van der Waals surface area (Å²) in [6.45, 7) is 0. The van der Waals surface area contributed by atoms with Crippen molar-refractivity contribution in [2.24, 2.45) is 0 Å². The molecule has 0 aliphatic heterocycles. The van der Waals surface area contributed by atoms with Crippen molar-refractivity contribution in [3.8, 4) is 17.1 Å². The molecule has 31 heavy (non-hydrogen) atoms. The highest BCUT2D eigenvalue weighted by Crippen LogP contribution is 2.39. The molecule has 1 N–H and O–H groups in total. The molecule has 0 spiro atoms. The van der Waals surface area contributed by atoms with Crippen molar-refractivity contribution in [1.82, 2.24) is 9.55 Å². The average Bonchev–Trinajstić information content (AvgIpc) is 3.24. The summed E-state index contributed by atoms with van der Waals surface area (Å²) < 4.78 is 1.88. The van der Waals surface area contributed by atoms with Gasteiger partial charge in [-0.25, -0.2) is 4.98 Å². The number of nitrogens with zero attached hydrogens (tertiary/aromatic N) is 2. The van der Waals surface area contributed by atoms with Crippen LogP contribution in [0.2, 0.25) is 0 Å². The highest BCUT2D eigenvalue weighted by atomic mass is 16.3. The van der Waals surface area contributed by atoms with Gasteiger partial charge < -0.3 is 5.11 Å². The molecule has 0 saturated heterocycles. The smallest absolute Gasteiger partial charge is 0.212 e. The fourth-order valence-corrected chi connectivity index (χ4v) is 4.41. The van der Waals surface area contributed by atoms with Crippen LogP contribution in [-0.2, 0) is 0 Å². The van der Waals surface area contributed by atoms with E-state index in [0.717, 1.165) is 22.0 Å². The van der Waals surface area contributed by atoms with Crippen LogP contribution in [0.1, 0.15) is 33.4 Å². The zero-order valence-corrected chi connectivity index (χ0v) is 16.6. The molecule has 0 saturated carbocycles. The van der Waals surface area contributed by atoms with Crippen LogP contribution in [0.3, 0.4) is 0 Å². The maximum absolute atomic E-state index is 13.5. The first-order chi connectivity index (χ1) is 15.2. The zero-order chi connectivity index (χ0) is 20.9. The van der Waals surface area contributed by atoms with Gasteiger partial charge in [-0.05, 0) is 34.5 Å². The maximum atomic E-state index is 13.5. The van der Waals surface area contributed by atoms with Crippen LogP contribution < -0.4 is 0 Å². The van der Waals surface area contributed by atoms with Gasteiger partial charge in [-0.15, -0.1) is 0 Å². The van der Waals surface area contributed by atoms with Gasteiger partial charge in [0.1, 0.15) is 23.3 Å². The number of carbonyl (C=O) groups is 1. The number of fused-ring (bicyclic) bond motifs is 3. The second-order valence-corrected chi connectivity index (χ2v) is 7.72. The number of hydrogen-bond donors (Lipinski definition) is 1. The maximum Gasteiger partial charge on any atom is 0.212 e. The van der Waals surface area contributed by atoms with E-state index in [1.807, 2.05) is 65.2 Å². The Bertz CT molecular complexity index is 1470. The highest BCUT2D eigenvalue weighted by molar-refractivity contribution is 6.12. The predicted molar refractivity (Wildman–Crippen MR) is 120 cm³/mol. The lowest BCUT2D eigenvalue weighted by Crippen LogP contribution is -2.21. The number of aliphatic hydroxyl groups excluding tert-OH is 1. The first-order valence-corrected chi connectivity index (χ1v) is 10.2. The van der Waals surface area contributed by atoms with Crippen LogP contribution in [0.25, 0.3) is 27.8 Å². The summed E-state index contributed by atoms with van der Waals surface area (Å²) in [6, 6.07) is 31.2. The molecule has 0 bridgehead atoms. The highest BCUT2D eigenvalue weighted by Gasteiger charge is 2.36. The summed E-state index contributed by atoms with van der Waals surface area (Å²) >= 11 is 0. The number of hydrogen-bond acceptors (Lipinski definition) is 3. The molecule has 1 heterocycles. The van der Waals surface area contributed by atoms with Gasteiger partial charge in [0.05, 0.1) is 0 Å². The summed E-state index contributed by atoms with van der Waals surface area (Å²) in [5.74, 6) is 0.515. The second kappa shape index (κ2) is 6.76. The number of aromatic nitrogens is 2. The molecule has 1 unspecified atom stereocenters. The Morgan fingerprint density at radius 3 is 2.32 bits per heavy atom. The van der Waals surface area contributed by atoms with Crippen molar-refractivity contribution >= 4 is 16.6 Å². The minimum absolute atomic E-state index is 0.126. The second-order valence-electron chi connectivity index (χ2n) is 7.72. The Kier molecular flexibility index (Phi) is 3.88. The Labute approximate surface area is 179 Å². The lowest BCUT2D eigenvalue weighted by Gasteiger charge is -2.21. The number of imidazole rings is 1. The predicted octanol–water partition coefficient (Wildman–Crippen LogP) is 5.32. The Hall–Kier alpha value is -4.02. The van der Waals surface area contributed by atoms with Gasteiger partial charge in [-0.3, -0.25) is 9.36 Å². The lowest BCUT2D eigenvalue weighted by atomic mass is 9.89. The SMILES string of the molecule is O=C1c2ccccc2C(O)c2nc(-c3ccc4ccccc4c3)n(-c3ccccc3)c21. The number of aliphatic hydroxyl groups is 1. The summed E-state index contributed by atoms with van der Waals surface area (Å²) in [7, 11) is 0. The number of rotatable bonds is 2. The van der Waals surface area contributed by atoms with Crippen molar-refractivity contribution in [3.05, 3.63) is 120 Å². The van der Waals surface area contributed by atoms with Crippen LogP contribution in [0, 0.1) is 0 Å². The van der Waals surface area contributed by atoms with E-state index in [9.17, 15) is 9.90 Å². The first kappa shape index (κ1) is 17.8. The minimum atomic E-state index is -0.951. The standard InChI is InChI=1S/C27H18N2O2/c30-25-21-12-6-7-13-22(21)26(31)24-23(25)28-27(29(24)20-10-2-1-3-11-20)19-15-14-17-8-4-5-9-18(17)16-19/h1-16,25,30H. The Morgan fingerprint density at radius 1 is 0.774 bits per heavy atom. The molecule has 148 valence electrons. The fourth-order valence-electron chi connectivity index (χ4n) is 4.41. The van der Waals surface area contributed by atoms with E-state index in [1.165, 1.54) is 0 Å². The summed E-state index contributed by atoms with van der Waals surface area (Å²) in [5, 5.41) is 13.3. The summed E-state index contributed by atoms with van der Waals surface area (Å²) in [6.07, 6.45) is -0.951. The Morgan fingerprint density at radius 2 is 1.48 bits per heavy atom. The third-order valence-electron chi connectivity index (χ3n) is 5.90. The molecule has 1 atom stereocenters. The molecule has 0 fully saturated rings. The van der Waals surface area contributed by atoms with E-state index in [1.54, 1.807) is 12.1 Å². The van der Waals surface area contributed by atoms with E-state index in [-0.39, 0.29) is 5.78 Å². The third kappa shape index (κ3) is 2.66. The number of carbonyl (C=O) groups excluding carboxylic acids is 1. The lowest BCUT2D eigenvalue weighted by molar-refractivity contribution is 0.101. The van der Waals surface area contributed by atoms with Gasteiger partial charge in [0.2, 0.25) is 5.78 Å². The third-order valence-corrected chi connectivity index (χ3v) is 5.90. The van der Waals surface area contributed by atoms with Crippen molar-refractivity contribution in [3.63, 3.8) is 0 Å². The monoisotopic (exact) mass is 402 g/mol. The quantitative estimate of drug-likeness (QED) is 0.435. The first-order valence-electron chi connectivity index (χ1n) is 10.2. The molecule has 1 aliphatic carbocycles. The van der Waals surface area contributed by atoms with Gasteiger partial charge in [-0.2, -0.15) is 0 Å². The van der Waals surface area contributed by atoms with Gasteiger partial charge >= 0.3 is 0 Å². The van der Waals surface area contributed by atoms with E-state index in [0.29, 0.717) is 28.3 Å². The molecule has 4 nitrogen and oxygen atoms in total. The van der Waals surface area contributed by atoms with Crippen molar-refractivity contribution in [2.75, 3.05) is 0 Å². The molecule has 6 rings (SSSR count). The fraction of sp³-hybridized carbons (Fsp3) is 0.0370. The zero-order valence-electron chi connectivity index (χ0n) is 16.6. The number of benzene rings is 4. The van der Waals surface area contributed by atoms with Crippen LogP contribution in [0.5, 0.6) is 0 Å². The molecule has 4 heteroatoms. The molecular weight excluding hydrogens is 384 g/mol. The van der Waals surface area contributed by atoms with E-state index < -0.39 is 6.10 Å². The molecule has 1 aromatic heterocycles. The normalized spacial score (nSPS) is 15.0. The minimum Gasteiger partial charge on any atom is -0.382 e. The van der Waals surface area contributed by atoms with Crippen LogP contribution in [0.15, 0.2) is 97.1 Å². The summed E-state index contributed by atoms with van der Waals surface area (Å²) in [5.41, 5.74) is 3.66. The van der Waals surface area contributed by atoms with Crippen molar-refractivity contribution in [2.45, 2.75) is 6.10 Å².